The van der Waals surface area contributed by atoms with E-state index in [2.05, 4.69) is 0 Å². The molecular formula is C8H5ClINO2S. The maximum atomic E-state index is 11.2. The lowest BCUT2D eigenvalue weighted by atomic mass is 10.1. The number of benzene rings is 1. The van der Waals surface area contributed by atoms with Crippen LogP contribution in [0.5, 0.6) is 0 Å². The number of hydrogen-bond acceptors (Lipinski definition) is 3. The summed E-state index contributed by atoms with van der Waals surface area (Å²) in [4.78, 5) is -0.0893. The van der Waals surface area contributed by atoms with E-state index in [0.717, 1.165) is 3.57 Å². The smallest absolute Gasteiger partial charge is 0.207 e. The third-order valence-corrected chi connectivity index (χ3v) is 4.35. The van der Waals surface area contributed by atoms with Crippen molar-refractivity contribution < 1.29 is 8.42 Å². The molecule has 0 amide bonds. The van der Waals surface area contributed by atoms with Crippen LogP contribution in [0.4, 0.5) is 0 Å². The fourth-order valence-electron chi connectivity index (χ4n) is 1.07. The summed E-state index contributed by atoms with van der Waals surface area (Å²) in [6.45, 7) is 1.62. The zero-order chi connectivity index (χ0) is 10.9. The van der Waals surface area contributed by atoms with Gasteiger partial charge in [-0.25, -0.2) is 8.42 Å². The molecule has 0 spiro atoms. The molecule has 6 heteroatoms. The zero-order valence-corrected chi connectivity index (χ0v) is 10.8. The van der Waals surface area contributed by atoms with Crippen molar-refractivity contribution in [1.82, 2.24) is 0 Å². The molecular weight excluding hydrogens is 337 g/mol. The summed E-state index contributed by atoms with van der Waals surface area (Å²) in [7, 11) is 1.38. The standard InChI is InChI=1S/C8H5ClINO2S/c1-5-7(10)3-2-6(4-11)8(5)14(9,12)13/h2-3H,1H3. The molecule has 14 heavy (non-hydrogen) atoms. The molecule has 0 unspecified atom stereocenters. The van der Waals surface area contributed by atoms with Gasteiger partial charge in [-0.1, -0.05) is 0 Å². The molecule has 0 bridgehead atoms. The molecule has 1 aromatic carbocycles. The summed E-state index contributed by atoms with van der Waals surface area (Å²) in [5, 5.41) is 8.72. The van der Waals surface area contributed by atoms with Crippen LogP contribution in [0.1, 0.15) is 11.1 Å². The van der Waals surface area contributed by atoms with Gasteiger partial charge < -0.3 is 0 Å². The first-order valence-electron chi connectivity index (χ1n) is 3.52. The van der Waals surface area contributed by atoms with E-state index in [1.165, 1.54) is 6.07 Å². The fourth-order valence-corrected chi connectivity index (χ4v) is 3.15. The summed E-state index contributed by atoms with van der Waals surface area (Å²) in [5.74, 6) is 0. The van der Waals surface area contributed by atoms with Gasteiger partial charge in [0.2, 0.25) is 0 Å². The number of hydrogen-bond donors (Lipinski definition) is 0. The van der Waals surface area contributed by atoms with Crippen molar-refractivity contribution in [2.75, 3.05) is 0 Å². The molecule has 0 saturated heterocycles. The van der Waals surface area contributed by atoms with Crippen LogP contribution in [-0.4, -0.2) is 8.42 Å². The van der Waals surface area contributed by atoms with Gasteiger partial charge in [-0.2, -0.15) is 5.26 Å². The van der Waals surface area contributed by atoms with Crippen molar-refractivity contribution >= 4 is 42.3 Å². The Balaban J connectivity index is 3.72. The van der Waals surface area contributed by atoms with E-state index in [1.54, 1.807) is 19.1 Å². The Morgan fingerprint density at radius 3 is 2.50 bits per heavy atom. The molecule has 1 aromatic rings. The molecule has 74 valence electrons. The topological polar surface area (TPSA) is 57.9 Å². The van der Waals surface area contributed by atoms with Gasteiger partial charge in [-0.05, 0) is 47.2 Å². The highest BCUT2D eigenvalue weighted by Gasteiger charge is 2.19. The quantitative estimate of drug-likeness (QED) is 0.582. The van der Waals surface area contributed by atoms with Gasteiger partial charge in [-0.3, -0.25) is 0 Å². The maximum Gasteiger partial charge on any atom is 0.262 e. The van der Waals surface area contributed by atoms with Gasteiger partial charge in [-0.15, -0.1) is 0 Å². The summed E-state index contributed by atoms with van der Waals surface area (Å²) in [5.41, 5.74) is 0.595. The van der Waals surface area contributed by atoms with Gasteiger partial charge in [0.05, 0.1) is 5.56 Å². The lowest BCUT2D eigenvalue weighted by Crippen LogP contribution is -2.00. The summed E-state index contributed by atoms with van der Waals surface area (Å²) in [6, 6.07) is 4.93. The van der Waals surface area contributed by atoms with Crippen LogP contribution < -0.4 is 0 Å². The van der Waals surface area contributed by atoms with Crippen LogP contribution in [0, 0.1) is 21.8 Å². The third kappa shape index (κ3) is 2.19. The van der Waals surface area contributed by atoms with E-state index in [9.17, 15) is 8.42 Å². The molecule has 0 fully saturated rings. The Hall–Kier alpha value is -0.320. The van der Waals surface area contributed by atoms with E-state index in [-0.39, 0.29) is 10.5 Å². The molecule has 3 nitrogen and oxygen atoms in total. The average Bonchev–Trinajstić information content (AvgIpc) is 2.07. The second-order valence-corrected chi connectivity index (χ2v) is 6.26. The number of halogens is 2. The summed E-state index contributed by atoms with van der Waals surface area (Å²) in [6.07, 6.45) is 0. The van der Waals surface area contributed by atoms with Crippen molar-refractivity contribution in [2.24, 2.45) is 0 Å². The number of nitriles is 1. The van der Waals surface area contributed by atoms with Crippen LogP contribution in [0.2, 0.25) is 0 Å². The molecule has 0 N–H and O–H groups in total. The molecule has 0 aliphatic rings. The predicted molar refractivity (Wildman–Crippen MR) is 61.6 cm³/mol. The third-order valence-electron chi connectivity index (χ3n) is 1.70. The highest BCUT2D eigenvalue weighted by Crippen LogP contribution is 2.26. The fraction of sp³-hybridized carbons (Fsp3) is 0.125. The molecule has 0 radical (unpaired) electrons. The normalized spacial score (nSPS) is 11.0. The second kappa shape index (κ2) is 4.04. The van der Waals surface area contributed by atoms with Gasteiger partial charge in [0.1, 0.15) is 11.0 Å². The van der Waals surface area contributed by atoms with E-state index < -0.39 is 9.05 Å². The van der Waals surface area contributed by atoms with E-state index in [4.69, 9.17) is 15.9 Å². The molecule has 0 heterocycles. The molecule has 0 aromatic heterocycles. The highest BCUT2D eigenvalue weighted by molar-refractivity contribution is 14.1. The first-order valence-corrected chi connectivity index (χ1v) is 6.90. The van der Waals surface area contributed by atoms with E-state index in [1.807, 2.05) is 22.6 Å². The van der Waals surface area contributed by atoms with Crippen molar-refractivity contribution in [1.29, 1.82) is 5.26 Å². The summed E-state index contributed by atoms with van der Waals surface area (Å²) >= 11 is 1.99. The summed E-state index contributed by atoms with van der Waals surface area (Å²) < 4.78 is 23.2. The number of nitrogens with zero attached hydrogens (tertiary/aromatic N) is 1. The number of rotatable bonds is 1. The van der Waals surface area contributed by atoms with Crippen molar-refractivity contribution in [3.63, 3.8) is 0 Å². The van der Waals surface area contributed by atoms with Gasteiger partial charge in [0.25, 0.3) is 9.05 Å². The zero-order valence-electron chi connectivity index (χ0n) is 7.08. The predicted octanol–water partition coefficient (Wildman–Crippen LogP) is 2.40. The van der Waals surface area contributed by atoms with Crippen LogP contribution in [-0.2, 0) is 9.05 Å². The minimum Gasteiger partial charge on any atom is -0.207 e. The minimum absolute atomic E-state index is 0.0814. The van der Waals surface area contributed by atoms with Crippen LogP contribution in [0.3, 0.4) is 0 Å². The van der Waals surface area contributed by atoms with Gasteiger partial charge in [0.15, 0.2) is 0 Å². The van der Waals surface area contributed by atoms with Crippen LogP contribution in [0.15, 0.2) is 17.0 Å². The monoisotopic (exact) mass is 341 g/mol. The van der Waals surface area contributed by atoms with Crippen molar-refractivity contribution in [2.45, 2.75) is 11.8 Å². The molecule has 0 aliphatic heterocycles. The Morgan fingerprint density at radius 1 is 1.50 bits per heavy atom. The molecule has 0 aliphatic carbocycles. The van der Waals surface area contributed by atoms with Crippen molar-refractivity contribution in [3.8, 4) is 6.07 Å². The lowest BCUT2D eigenvalue weighted by molar-refractivity contribution is 0.608. The Kier molecular flexibility index (Phi) is 3.40. The van der Waals surface area contributed by atoms with Crippen molar-refractivity contribution in [3.05, 3.63) is 26.8 Å². The van der Waals surface area contributed by atoms with Crippen LogP contribution in [0.25, 0.3) is 0 Å². The SMILES string of the molecule is Cc1c(I)ccc(C#N)c1S(=O)(=O)Cl. The van der Waals surface area contributed by atoms with Gasteiger partial charge >= 0.3 is 0 Å². The van der Waals surface area contributed by atoms with Gasteiger partial charge in [0, 0.05) is 14.3 Å². The molecule has 1 rings (SSSR count). The lowest BCUT2D eigenvalue weighted by Gasteiger charge is -2.05. The first kappa shape index (κ1) is 11.8. The molecule has 0 saturated carbocycles. The second-order valence-electron chi connectivity index (χ2n) is 2.60. The average molecular weight is 342 g/mol. The largest absolute Gasteiger partial charge is 0.262 e. The Labute approximate surface area is 100 Å². The maximum absolute atomic E-state index is 11.2. The van der Waals surface area contributed by atoms with E-state index >= 15 is 0 Å². The van der Waals surface area contributed by atoms with Crippen LogP contribution >= 0.6 is 33.3 Å². The Bertz CT molecular complexity index is 519. The highest BCUT2D eigenvalue weighted by atomic mass is 127. The van der Waals surface area contributed by atoms with E-state index in [0.29, 0.717) is 5.56 Å². The minimum atomic E-state index is -3.85. The Morgan fingerprint density at radius 2 is 2.07 bits per heavy atom. The molecule has 0 atom stereocenters. The first-order chi connectivity index (χ1) is 6.38.